The molecule has 21 heavy (non-hydrogen) atoms. The van der Waals surface area contributed by atoms with Gasteiger partial charge in [-0.1, -0.05) is 18.2 Å². The number of likely N-dealkylation sites (tertiary alicyclic amines) is 1. The predicted molar refractivity (Wildman–Crippen MR) is 83.7 cm³/mol. The first kappa shape index (κ1) is 16.3. The molecule has 1 aliphatic heterocycles. The van der Waals surface area contributed by atoms with E-state index in [0.717, 1.165) is 37.2 Å². The van der Waals surface area contributed by atoms with Gasteiger partial charge in [-0.15, -0.1) is 0 Å². The molecule has 1 aliphatic rings. The third-order valence-electron chi connectivity index (χ3n) is 4.29. The second-order valence-corrected chi connectivity index (χ2v) is 6.00. The Kier molecular flexibility index (Phi) is 5.62. The minimum absolute atomic E-state index is 0.502. The number of rotatable bonds is 6. The van der Waals surface area contributed by atoms with Crippen molar-refractivity contribution in [3.63, 3.8) is 0 Å². The van der Waals surface area contributed by atoms with Gasteiger partial charge in [-0.2, -0.15) is 0 Å². The van der Waals surface area contributed by atoms with E-state index >= 15 is 0 Å². The maximum Gasteiger partial charge on any atom is 0.125 e. The zero-order chi connectivity index (χ0) is 15.3. The molecule has 118 valence electrons. The van der Waals surface area contributed by atoms with Crippen molar-refractivity contribution in [1.29, 1.82) is 0 Å². The minimum atomic E-state index is -0.783. The van der Waals surface area contributed by atoms with Crippen LogP contribution in [0.15, 0.2) is 24.3 Å². The molecule has 4 heteroatoms. The molecule has 0 spiro atoms. The molecule has 0 atom stereocenters. The van der Waals surface area contributed by atoms with E-state index in [-0.39, 0.29) is 0 Å². The van der Waals surface area contributed by atoms with Gasteiger partial charge in [0.1, 0.15) is 12.4 Å². The lowest BCUT2D eigenvalue weighted by molar-refractivity contribution is -0.0343. The summed E-state index contributed by atoms with van der Waals surface area (Å²) in [7, 11) is 1.66. The number of piperidine rings is 1. The van der Waals surface area contributed by atoms with Gasteiger partial charge in [0.05, 0.1) is 12.2 Å². The fraction of sp³-hybridized carbons (Fsp3) is 0.647. The highest BCUT2D eigenvalue weighted by molar-refractivity contribution is 5.38. The van der Waals surface area contributed by atoms with Crippen LogP contribution >= 0.6 is 0 Å². The Hall–Kier alpha value is -1.10. The monoisotopic (exact) mass is 293 g/mol. The lowest BCUT2D eigenvalue weighted by Crippen LogP contribution is -2.45. The quantitative estimate of drug-likeness (QED) is 0.818. The van der Waals surface area contributed by atoms with E-state index in [9.17, 15) is 5.11 Å². The van der Waals surface area contributed by atoms with E-state index < -0.39 is 5.60 Å². The second-order valence-electron chi connectivity index (χ2n) is 6.00. The summed E-state index contributed by atoms with van der Waals surface area (Å²) in [4.78, 5) is 2.41. The molecule has 1 aromatic carbocycles. The van der Waals surface area contributed by atoms with Crippen LogP contribution in [0.5, 0.6) is 5.75 Å². The van der Waals surface area contributed by atoms with E-state index in [2.05, 4.69) is 18.7 Å². The number of para-hydroxylation sites is 1. The normalized spacial score (nSPS) is 18.9. The first-order valence-corrected chi connectivity index (χ1v) is 7.74. The Morgan fingerprint density at radius 2 is 1.86 bits per heavy atom. The van der Waals surface area contributed by atoms with Crippen LogP contribution in [0.1, 0.15) is 32.3 Å². The molecule has 4 nitrogen and oxygen atoms in total. The summed E-state index contributed by atoms with van der Waals surface area (Å²) >= 11 is 0. The smallest absolute Gasteiger partial charge is 0.125 e. The molecular weight excluding hydrogens is 266 g/mol. The Morgan fingerprint density at radius 3 is 2.48 bits per heavy atom. The first-order valence-electron chi connectivity index (χ1n) is 7.74. The number of methoxy groups -OCH3 is 1. The zero-order valence-electron chi connectivity index (χ0n) is 13.3. The van der Waals surface area contributed by atoms with E-state index in [4.69, 9.17) is 9.47 Å². The Bertz CT molecular complexity index is 439. The minimum Gasteiger partial charge on any atom is -0.491 e. The van der Waals surface area contributed by atoms with Crippen molar-refractivity contribution in [3.05, 3.63) is 29.8 Å². The number of hydrogen-bond donors (Lipinski definition) is 1. The molecule has 1 aromatic rings. The van der Waals surface area contributed by atoms with Gasteiger partial charge in [-0.25, -0.2) is 0 Å². The summed E-state index contributed by atoms with van der Waals surface area (Å²) in [6.07, 6.45) is 1.49. The second kappa shape index (κ2) is 7.25. The van der Waals surface area contributed by atoms with Crippen molar-refractivity contribution in [3.8, 4) is 5.75 Å². The van der Waals surface area contributed by atoms with E-state index in [1.807, 2.05) is 24.3 Å². The summed E-state index contributed by atoms with van der Waals surface area (Å²) in [6.45, 7) is 7.29. The van der Waals surface area contributed by atoms with Gasteiger partial charge in [0.2, 0.25) is 0 Å². The Morgan fingerprint density at radius 1 is 1.19 bits per heavy atom. The van der Waals surface area contributed by atoms with E-state index in [1.54, 1.807) is 7.11 Å². The first-order chi connectivity index (χ1) is 10.1. The molecule has 1 N–H and O–H groups in total. The van der Waals surface area contributed by atoms with E-state index in [0.29, 0.717) is 19.3 Å². The zero-order valence-corrected chi connectivity index (χ0v) is 13.3. The maximum absolute atomic E-state index is 11.0. The summed E-state index contributed by atoms with van der Waals surface area (Å²) in [5.74, 6) is 0.773. The predicted octanol–water partition coefficient (Wildman–Crippen LogP) is 2.40. The van der Waals surface area contributed by atoms with Crippen molar-refractivity contribution in [2.45, 2.75) is 38.3 Å². The fourth-order valence-corrected chi connectivity index (χ4v) is 2.89. The molecule has 0 amide bonds. The van der Waals surface area contributed by atoms with E-state index in [1.165, 1.54) is 0 Å². The molecule has 1 heterocycles. The van der Waals surface area contributed by atoms with Crippen molar-refractivity contribution in [2.75, 3.05) is 33.4 Å². The summed E-state index contributed by atoms with van der Waals surface area (Å²) < 4.78 is 10.8. The van der Waals surface area contributed by atoms with Crippen molar-refractivity contribution >= 4 is 0 Å². The Balaban J connectivity index is 2.10. The van der Waals surface area contributed by atoms with Crippen molar-refractivity contribution < 1.29 is 14.6 Å². The molecule has 0 aliphatic carbocycles. The number of benzene rings is 1. The van der Waals surface area contributed by atoms with Crippen molar-refractivity contribution in [2.24, 2.45) is 0 Å². The molecule has 0 bridgehead atoms. The summed E-state index contributed by atoms with van der Waals surface area (Å²) in [6, 6.07) is 8.34. The van der Waals surface area contributed by atoms with Crippen LogP contribution in [0, 0.1) is 0 Å². The fourth-order valence-electron chi connectivity index (χ4n) is 2.89. The van der Waals surface area contributed by atoms with Crippen LogP contribution in [0.3, 0.4) is 0 Å². The molecule has 0 aromatic heterocycles. The number of hydrogen-bond acceptors (Lipinski definition) is 4. The molecule has 0 unspecified atom stereocenters. The van der Waals surface area contributed by atoms with Gasteiger partial charge in [0, 0.05) is 31.8 Å². The third-order valence-corrected chi connectivity index (χ3v) is 4.29. The topological polar surface area (TPSA) is 41.9 Å². The Labute approximate surface area is 127 Å². The molecule has 1 saturated heterocycles. The third kappa shape index (κ3) is 3.96. The van der Waals surface area contributed by atoms with Gasteiger partial charge < -0.3 is 19.5 Å². The van der Waals surface area contributed by atoms with Gasteiger partial charge >= 0.3 is 0 Å². The molecule has 1 fully saturated rings. The van der Waals surface area contributed by atoms with Gasteiger partial charge in [0.25, 0.3) is 0 Å². The average Bonchev–Trinajstić information content (AvgIpc) is 2.48. The standard InChI is InChI=1S/C17H27NO3/c1-14(2)18-10-8-17(19,9-11-18)15-6-4-5-7-16(15)21-13-12-20-3/h4-7,14,19H,8-13H2,1-3H3. The van der Waals surface area contributed by atoms with Crippen LogP contribution in [-0.4, -0.2) is 49.5 Å². The van der Waals surface area contributed by atoms with Crippen LogP contribution in [0.25, 0.3) is 0 Å². The number of aliphatic hydroxyl groups is 1. The van der Waals surface area contributed by atoms with Crippen LogP contribution in [0.2, 0.25) is 0 Å². The number of nitrogens with zero attached hydrogens (tertiary/aromatic N) is 1. The van der Waals surface area contributed by atoms with Gasteiger partial charge in [-0.05, 0) is 32.8 Å². The highest BCUT2D eigenvalue weighted by Crippen LogP contribution is 2.38. The molecule has 0 radical (unpaired) electrons. The highest BCUT2D eigenvalue weighted by atomic mass is 16.5. The highest BCUT2D eigenvalue weighted by Gasteiger charge is 2.36. The number of ether oxygens (including phenoxy) is 2. The molecule has 0 saturated carbocycles. The molecule has 2 rings (SSSR count). The lowest BCUT2D eigenvalue weighted by atomic mass is 9.83. The van der Waals surface area contributed by atoms with Crippen LogP contribution < -0.4 is 4.74 Å². The largest absolute Gasteiger partial charge is 0.491 e. The SMILES string of the molecule is COCCOc1ccccc1C1(O)CCN(C(C)C)CC1. The van der Waals surface area contributed by atoms with Crippen LogP contribution in [0.4, 0.5) is 0 Å². The maximum atomic E-state index is 11.0. The molecular formula is C17H27NO3. The van der Waals surface area contributed by atoms with Gasteiger partial charge in [-0.3, -0.25) is 0 Å². The van der Waals surface area contributed by atoms with Crippen LogP contribution in [-0.2, 0) is 10.3 Å². The average molecular weight is 293 g/mol. The van der Waals surface area contributed by atoms with Crippen molar-refractivity contribution in [1.82, 2.24) is 4.90 Å². The summed E-state index contributed by atoms with van der Waals surface area (Å²) in [5.41, 5.74) is 0.124. The van der Waals surface area contributed by atoms with Gasteiger partial charge in [0.15, 0.2) is 0 Å². The lowest BCUT2D eigenvalue weighted by Gasteiger charge is -2.40. The summed E-state index contributed by atoms with van der Waals surface area (Å²) in [5, 5.41) is 11.0.